The van der Waals surface area contributed by atoms with Gasteiger partial charge in [0.25, 0.3) is 5.56 Å². The van der Waals surface area contributed by atoms with Crippen molar-refractivity contribution in [1.82, 2.24) is 15.3 Å². The average Bonchev–Trinajstić information content (AvgIpc) is 2.38. The van der Waals surface area contributed by atoms with Gasteiger partial charge in [-0.1, -0.05) is 23.7 Å². The van der Waals surface area contributed by atoms with E-state index >= 15 is 0 Å². The van der Waals surface area contributed by atoms with E-state index in [1.54, 1.807) is 12.1 Å². The Hall–Kier alpha value is -1.85. The van der Waals surface area contributed by atoms with Gasteiger partial charge >= 0.3 is 0 Å². The van der Waals surface area contributed by atoms with Gasteiger partial charge in [-0.05, 0) is 24.7 Å². The summed E-state index contributed by atoms with van der Waals surface area (Å²) in [4.78, 5) is 17.5. The number of H-pyrrole nitrogens is 1. The molecule has 94 valence electrons. The maximum atomic E-state index is 11.3. The highest BCUT2D eigenvalue weighted by Crippen LogP contribution is 2.23. The summed E-state index contributed by atoms with van der Waals surface area (Å²) in [5.74, 6) is 0.677. The molecule has 0 atom stereocenters. The number of rotatable bonds is 4. The Labute approximate surface area is 109 Å². The lowest BCUT2D eigenvalue weighted by molar-refractivity contribution is 0.460. The quantitative estimate of drug-likeness (QED) is 0.887. The van der Waals surface area contributed by atoms with Crippen LogP contribution in [0.5, 0.6) is 11.6 Å². The van der Waals surface area contributed by atoms with Gasteiger partial charge in [0, 0.05) is 6.54 Å². The first kappa shape index (κ1) is 12.6. The highest BCUT2D eigenvalue weighted by molar-refractivity contribution is 6.31. The van der Waals surface area contributed by atoms with E-state index in [0.717, 1.165) is 12.1 Å². The van der Waals surface area contributed by atoms with Crippen LogP contribution >= 0.6 is 11.6 Å². The second kappa shape index (κ2) is 5.66. The molecule has 2 rings (SSSR count). The molecule has 0 aliphatic carbocycles. The fourth-order valence-electron chi connectivity index (χ4n) is 1.43. The molecule has 2 N–H and O–H groups in total. The molecule has 1 aromatic heterocycles. The lowest BCUT2D eigenvalue weighted by Gasteiger charge is -2.06. The van der Waals surface area contributed by atoms with Crippen LogP contribution in [-0.2, 0) is 6.54 Å². The summed E-state index contributed by atoms with van der Waals surface area (Å²) in [6, 6.07) is 7.44. The van der Waals surface area contributed by atoms with Crippen LogP contribution in [0, 0.1) is 0 Å². The second-order valence-corrected chi connectivity index (χ2v) is 4.01. The number of aromatic nitrogens is 2. The van der Waals surface area contributed by atoms with Crippen molar-refractivity contribution in [3.63, 3.8) is 0 Å². The SMILES string of the molecule is CNCc1ccc(Oc2nc[nH]c(=O)c2Cl)cc1. The van der Waals surface area contributed by atoms with E-state index in [0.29, 0.717) is 5.75 Å². The first-order valence-electron chi connectivity index (χ1n) is 5.35. The second-order valence-electron chi connectivity index (χ2n) is 3.63. The number of ether oxygens (including phenoxy) is 1. The fourth-order valence-corrected chi connectivity index (χ4v) is 1.57. The lowest BCUT2D eigenvalue weighted by atomic mass is 10.2. The van der Waals surface area contributed by atoms with Gasteiger partial charge in [-0.2, -0.15) is 0 Å². The lowest BCUT2D eigenvalue weighted by Crippen LogP contribution is -2.08. The summed E-state index contributed by atoms with van der Waals surface area (Å²) < 4.78 is 5.44. The zero-order chi connectivity index (χ0) is 13.0. The third-order valence-electron chi connectivity index (χ3n) is 2.28. The number of hydrogen-bond donors (Lipinski definition) is 2. The normalized spacial score (nSPS) is 10.3. The molecule has 0 aliphatic heterocycles. The summed E-state index contributed by atoms with van der Waals surface area (Å²) in [5.41, 5.74) is 0.711. The number of nitrogens with one attached hydrogen (secondary N) is 2. The monoisotopic (exact) mass is 265 g/mol. The van der Waals surface area contributed by atoms with Gasteiger partial charge < -0.3 is 15.0 Å². The van der Waals surface area contributed by atoms with Gasteiger partial charge in [-0.25, -0.2) is 4.98 Å². The van der Waals surface area contributed by atoms with Crippen LogP contribution in [0.3, 0.4) is 0 Å². The molecule has 6 heteroatoms. The zero-order valence-corrected chi connectivity index (χ0v) is 10.5. The molecule has 0 spiro atoms. The molecule has 1 aromatic carbocycles. The molecule has 18 heavy (non-hydrogen) atoms. The number of benzene rings is 1. The maximum absolute atomic E-state index is 11.3. The van der Waals surface area contributed by atoms with Gasteiger partial charge in [-0.15, -0.1) is 0 Å². The van der Waals surface area contributed by atoms with Crippen LogP contribution in [0.4, 0.5) is 0 Å². The van der Waals surface area contributed by atoms with Crippen molar-refractivity contribution in [2.45, 2.75) is 6.54 Å². The molecule has 0 radical (unpaired) electrons. The Morgan fingerprint density at radius 1 is 1.39 bits per heavy atom. The average molecular weight is 266 g/mol. The Balaban J connectivity index is 2.18. The van der Waals surface area contributed by atoms with Crippen LogP contribution in [0.2, 0.25) is 5.02 Å². The summed E-state index contributed by atoms with van der Waals surface area (Å²) in [7, 11) is 1.88. The molecule has 0 unspecified atom stereocenters. The minimum atomic E-state index is -0.423. The van der Waals surface area contributed by atoms with E-state index in [1.807, 2.05) is 19.2 Å². The molecule has 0 saturated heterocycles. The zero-order valence-electron chi connectivity index (χ0n) is 9.74. The van der Waals surface area contributed by atoms with Crippen LogP contribution in [0.1, 0.15) is 5.56 Å². The van der Waals surface area contributed by atoms with E-state index in [9.17, 15) is 4.79 Å². The van der Waals surface area contributed by atoms with Crippen LogP contribution < -0.4 is 15.6 Å². The van der Waals surface area contributed by atoms with Crippen molar-refractivity contribution < 1.29 is 4.74 Å². The van der Waals surface area contributed by atoms with E-state index in [-0.39, 0.29) is 10.9 Å². The summed E-state index contributed by atoms with van der Waals surface area (Å²) >= 11 is 5.78. The van der Waals surface area contributed by atoms with Gasteiger partial charge in [0.05, 0.1) is 6.33 Å². The molecule has 0 fully saturated rings. The van der Waals surface area contributed by atoms with Gasteiger partial charge in [0.2, 0.25) is 5.88 Å². The summed E-state index contributed by atoms with van der Waals surface area (Å²) in [5, 5.41) is 2.99. The Morgan fingerprint density at radius 2 is 2.11 bits per heavy atom. The van der Waals surface area contributed by atoms with Gasteiger partial charge in [-0.3, -0.25) is 4.79 Å². The van der Waals surface area contributed by atoms with E-state index < -0.39 is 5.56 Å². The van der Waals surface area contributed by atoms with E-state index in [1.165, 1.54) is 6.33 Å². The molecule has 0 bridgehead atoms. The van der Waals surface area contributed by atoms with Crippen molar-refractivity contribution in [1.29, 1.82) is 0 Å². The molecule has 2 aromatic rings. The summed E-state index contributed by atoms with van der Waals surface area (Å²) in [6.07, 6.45) is 1.25. The van der Waals surface area contributed by atoms with Crippen LogP contribution in [0.25, 0.3) is 0 Å². The van der Waals surface area contributed by atoms with Crippen molar-refractivity contribution >= 4 is 11.6 Å². The predicted molar refractivity (Wildman–Crippen MR) is 69.1 cm³/mol. The standard InChI is InChI=1S/C12H12ClN3O2/c1-14-6-8-2-4-9(5-3-8)18-12-10(13)11(17)15-7-16-12/h2-5,7,14H,6H2,1H3,(H,15,16,17). The Morgan fingerprint density at radius 3 is 2.78 bits per heavy atom. The topological polar surface area (TPSA) is 67.0 Å². The van der Waals surface area contributed by atoms with E-state index in [4.69, 9.17) is 16.3 Å². The van der Waals surface area contributed by atoms with Crippen LogP contribution in [0.15, 0.2) is 35.4 Å². The predicted octanol–water partition coefficient (Wildman–Crippen LogP) is 1.93. The van der Waals surface area contributed by atoms with Crippen molar-refractivity contribution in [2.24, 2.45) is 0 Å². The minimum absolute atomic E-state index is 0.0585. The van der Waals surface area contributed by atoms with Crippen molar-refractivity contribution in [3.05, 3.63) is 51.5 Å². The smallest absolute Gasteiger partial charge is 0.273 e. The highest BCUT2D eigenvalue weighted by atomic mass is 35.5. The highest BCUT2D eigenvalue weighted by Gasteiger charge is 2.07. The first-order chi connectivity index (χ1) is 8.70. The van der Waals surface area contributed by atoms with E-state index in [2.05, 4.69) is 15.3 Å². The number of nitrogens with zero attached hydrogens (tertiary/aromatic N) is 1. The molecule has 0 aliphatic rings. The number of hydrogen-bond acceptors (Lipinski definition) is 4. The molecular weight excluding hydrogens is 254 g/mol. The Bertz CT molecular complexity index is 581. The largest absolute Gasteiger partial charge is 0.437 e. The molecule has 1 heterocycles. The van der Waals surface area contributed by atoms with Crippen LogP contribution in [-0.4, -0.2) is 17.0 Å². The molecule has 5 nitrogen and oxygen atoms in total. The minimum Gasteiger partial charge on any atom is -0.437 e. The fraction of sp³-hybridized carbons (Fsp3) is 0.167. The summed E-state index contributed by atoms with van der Waals surface area (Å²) in [6.45, 7) is 0.782. The first-order valence-corrected chi connectivity index (χ1v) is 5.73. The van der Waals surface area contributed by atoms with Gasteiger partial charge in [0.15, 0.2) is 5.02 Å². The molecule has 0 saturated carbocycles. The third kappa shape index (κ3) is 2.88. The maximum Gasteiger partial charge on any atom is 0.273 e. The van der Waals surface area contributed by atoms with Gasteiger partial charge in [0.1, 0.15) is 5.75 Å². The molecule has 0 amide bonds. The number of halogens is 1. The van der Waals surface area contributed by atoms with Crippen molar-refractivity contribution in [2.75, 3.05) is 7.05 Å². The Kier molecular flexibility index (Phi) is 3.96. The third-order valence-corrected chi connectivity index (χ3v) is 2.62. The number of aromatic amines is 1. The van der Waals surface area contributed by atoms with Crippen molar-refractivity contribution in [3.8, 4) is 11.6 Å². The molecular formula is C12H12ClN3O2.